The first-order chi connectivity index (χ1) is 9.28. The van der Waals surface area contributed by atoms with Gasteiger partial charge in [-0.15, -0.1) is 0 Å². The summed E-state index contributed by atoms with van der Waals surface area (Å²) in [6.07, 6.45) is 7.00. The fraction of sp³-hybridized carbons (Fsp3) is 0.647. The Morgan fingerprint density at radius 3 is 2.74 bits per heavy atom. The van der Waals surface area contributed by atoms with Crippen LogP contribution in [0.1, 0.15) is 49.1 Å². The van der Waals surface area contributed by atoms with Crippen molar-refractivity contribution < 1.29 is 4.74 Å². The lowest BCUT2D eigenvalue weighted by molar-refractivity contribution is 0.391. The fourth-order valence-electron chi connectivity index (χ4n) is 3.88. The molecule has 19 heavy (non-hydrogen) atoms. The standard InChI is InChI=1S/C17H25NO/c1-12-7-8-15(17(9-12)19-2)14-10-16(18-11-14)13-5-3-4-6-13/h7-9,13-14,16,18H,3-6,10-11H2,1-2H3. The Morgan fingerprint density at radius 1 is 1.21 bits per heavy atom. The molecule has 2 aliphatic rings. The molecule has 0 radical (unpaired) electrons. The van der Waals surface area contributed by atoms with Crippen molar-refractivity contribution >= 4 is 0 Å². The van der Waals surface area contributed by atoms with Crippen molar-refractivity contribution in [2.24, 2.45) is 5.92 Å². The molecule has 0 aromatic heterocycles. The number of nitrogens with one attached hydrogen (secondary N) is 1. The first-order valence-corrected chi connectivity index (χ1v) is 7.66. The van der Waals surface area contributed by atoms with Crippen molar-refractivity contribution in [1.29, 1.82) is 0 Å². The van der Waals surface area contributed by atoms with Gasteiger partial charge in [0, 0.05) is 18.5 Å². The highest BCUT2D eigenvalue weighted by Crippen LogP contribution is 2.38. The molecule has 1 heterocycles. The Kier molecular flexibility index (Phi) is 3.79. The predicted octanol–water partition coefficient (Wildman–Crippen LogP) is 3.64. The topological polar surface area (TPSA) is 21.3 Å². The molecule has 1 aliphatic heterocycles. The van der Waals surface area contributed by atoms with Crippen LogP contribution in [0.25, 0.3) is 0 Å². The van der Waals surface area contributed by atoms with Crippen LogP contribution in [0.3, 0.4) is 0 Å². The van der Waals surface area contributed by atoms with E-state index < -0.39 is 0 Å². The normalized spacial score (nSPS) is 27.9. The molecule has 2 fully saturated rings. The largest absolute Gasteiger partial charge is 0.496 e. The molecule has 0 bridgehead atoms. The molecule has 104 valence electrons. The first-order valence-electron chi connectivity index (χ1n) is 7.66. The average Bonchev–Trinajstić information content (AvgIpc) is 3.09. The van der Waals surface area contributed by atoms with E-state index in [0.717, 1.165) is 24.3 Å². The highest BCUT2D eigenvalue weighted by Gasteiger charge is 2.33. The molecule has 2 heteroatoms. The zero-order valence-electron chi connectivity index (χ0n) is 12.1. The summed E-state index contributed by atoms with van der Waals surface area (Å²) < 4.78 is 5.57. The zero-order valence-corrected chi connectivity index (χ0v) is 12.1. The van der Waals surface area contributed by atoms with Gasteiger partial charge in [-0.1, -0.05) is 25.0 Å². The number of hydrogen-bond donors (Lipinski definition) is 1. The quantitative estimate of drug-likeness (QED) is 0.895. The SMILES string of the molecule is COc1cc(C)ccc1C1CNC(C2CCCC2)C1. The molecular formula is C17H25NO. The molecule has 0 amide bonds. The average molecular weight is 259 g/mol. The van der Waals surface area contributed by atoms with Crippen LogP contribution in [0.2, 0.25) is 0 Å². The number of benzene rings is 1. The number of rotatable bonds is 3. The van der Waals surface area contributed by atoms with Gasteiger partial charge in [0.15, 0.2) is 0 Å². The van der Waals surface area contributed by atoms with Gasteiger partial charge in [0.05, 0.1) is 7.11 Å². The van der Waals surface area contributed by atoms with Gasteiger partial charge in [0.1, 0.15) is 5.75 Å². The maximum atomic E-state index is 5.57. The molecule has 2 atom stereocenters. The van der Waals surface area contributed by atoms with Crippen LogP contribution in [0.5, 0.6) is 5.75 Å². The fourth-order valence-corrected chi connectivity index (χ4v) is 3.88. The van der Waals surface area contributed by atoms with Gasteiger partial charge in [0.2, 0.25) is 0 Å². The van der Waals surface area contributed by atoms with Crippen LogP contribution in [0.4, 0.5) is 0 Å². The Balaban J connectivity index is 1.73. The highest BCUT2D eigenvalue weighted by molar-refractivity contribution is 5.40. The monoisotopic (exact) mass is 259 g/mol. The summed E-state index contributed by atoms with van der Waals surface area (Å²) in [5, 5.41) is 3.76. The lowest BCUT2D eigenvalue weighted by Gasteiger charge is -2.19. The second kappa shape index (κ2) is 5.54. The third-order valence-corrected chi connectivity index (χ3v) is 4.96. The Bertz CT molecular complexity index is 437. The van der Waals surface area contributed by atoms with Crippen molar-refractivity contribution in [3.05, 3.63) is 29.3 Å². The first kappa shape index (κ1) is 13.0. The second-order valence-electron chi connectivity index (χ2n) is 6.24. The maximum absolute atomic E-state index is 5.57. The molecule has 1 aromatic carbocycles. The van der Waals surface area contributed by atoms with Gasteiger partial charge in [-0.2, -0.15) is 0 Å². The van der Waals surface area contributed by atoms with Gasteiger partial charge in [0.25, 0.3) is 0 Å². The predicted molar refractivity (Wildman–Crippen MR) is 78.8 cm³/mol. The van der Waals surface area contributed by atoms with Crippen molar-refractivity contribution in [1.82, 2.24) is 5.32 Å². The summed E-state index contributed by atoms with van der Waals surface area (Å²) in [6.45, 7) is 3.24. The van der Waals surface area contributed by atoms with E-state index >= 15 is 0 Å². The minimum absolute atomic E-state index is 0.626. The maximum Gasteiger partial charge on any atom is 0.122 e. The number of aryl methyl sites for hydroxylation is 1. The smallest absolute Gasteiger partial charge is 0.122 e. The zero-order chi connectivity index (χ0) is 13.2. The molecule has 1 aliphatic carbocycles. The summed E-state index contributed by atoms with van der Waals surface area (Å²) in [7, 11) is 1.79. The number of methoxy groups -OCH3 is 1. The Morgan fingerprint density at radius 2 is 2.00 bits per heavy atom. The van der Waals surface area contributed by atoms with Gasteiger partial charge in [-0.05, 0) is 49.3 Å². The van der Waals surface area contributed by atoms with Crippen LogP contribution >= 0.6 is 0 Å². The van der Waals surface area contributed by atoms with Gasteiger partial charge in [-0.25, -0.2) is 0 Å². The molecule has 1 aromatic rings. The summed E-state index contributed by atoms with van der Waals surface area (Å²) >= 11 is 0. The molecule has 2 unspecified atom stereocenters. The van der Waals surface area contributed by atoms with Crippen LogP contribution in [-0.4, -0.2) is 19.7 Å². The van der Waals surface area contributed by atoms with E-state index in [1.807, 2.05) is 0 Å². The molecule has 1 saturated heterocycles. The van der Waals surface area contributed by atoms with E-state index in [9.17, 15) is 0 Å². The van der Waals surface area contributed by atoms with E-state index in [2.05, 4.69) is 30.4 Å². The minimum atomic E-state index is 0.626. The summed E-state index contributed by atoms with van der Waals surface area (Å²) in [5.41, 5.74) is 2.67. The van der Waals surface area contributed by atoms with Gasteiger partial charge in [-0.3, -0.25) is 0 Å². The number of hydrogen-bond acceptors (Lipinski definition) is 2. The highest BCUT2D eigenvalue weighted by atomic mass is 16.5. The third-order valence-electron chi connectivity index (χ3n) is 4.96. The molecule has 1 saturated carbocycles. The van der Waals surface area contributed by atoms with Crippen LogP contribution < -0.4 is 10.1 Å². The van der Waals surface area contributed by atoms with E-state index in [1.54, 1.807) is 7.11 Å². The molecule has 0 spiro atoms. The van der Waals surface area contributed by atoms with Crippen molar-refractivity contribution in [3.63, 3.8) is 0 Å². The molecule has 3 rings (SSSR count). The van der Waals surface area contributed by atoms with Crippen LogP contribution in [-0.2, 0) is 0 Å². The summed E-state index contributed by atoms with van der Waals surface area (Å²) in [4.78, 5) is 0. The van der Waals surface area contributed by atoms with Crippen molar-refractivity contribution in [2.45, 2.75) is 51.0 Å². The lowest BCUT2D eigenvalue weighted by Crippen LogP contribution is -2.28. The van der Waals surface area contributed by atoms with Crippen LogP contribution in [0.15, 0.2) is 18.2 Å². The Labute approximate surface area is 116 Å². The van der Waals surface area contributed by atoms with E-state index in [4.69, 9.17) is 4.74 Å². The molecular weight excluding hydrogens is 234 g/mol. The van der Waals surface area contributed by atoms with Crippen LogP contribution in [0, 0.1) is 12.8 Å². The second-order valence-corrected chi connectivity index (χ2v) is 6.24. The van der Waals surface area contributed by atoms with Gasteiger partial charge >= 0.3 is 0 Å². The van der Waals surface area contributed by atoms with E-state index in [1.165, 1.54) is 43.2 Å². The molecule has 1 N–H and O–H groups in total. The van der Waals surface area contributed by atoms with Crippen molar-refractivity contribution in [2.75, 3.05) is 13.7 Å². The summed E-state index contributed by atoms with van der Waals surface area (Å²) in [6, 6.07) is 7.37. The minimum Gasteiger partial charge on any atom is -0.496 e. The van der Waals surface area contributed by atoms with E-state index in [-0.39, 0.29) is 0 Å². The Hall–Kier alpha value is -1.02. The lowest BCUT2D eigenvalue weighted by atomic mass is 9.89. The number of ether oxygens (including phenoxy) is 1. The third kappa shape index (κ3) is 2.64. The van der Waals surface area contributed by atoms with E-state index in [0.29, 0.717) is 5.92 Å². The summed E-state index contributed by atoms with van der Waals surface area (Å²) in [5.74, 6) is 2.61. The van der Waals surface area contributed by atoms with Crippen molar-refractivity contribution in [3.8, 4) is 5.75 Å². The van der Waals surface area contributed by atoms with Gasteiger partial charge < -0.3 is 10.1 Å². The molecule has 2 nitrogen and oxygen atoms in total.